The van der Waals surface area contributed by atoms with E-state index in [0.717, 1.165) is 0 Å². The Labute approximate surface area is 136 Å². The van der Waals surface area contributed by atoms with E-state index in [1.807, 2.05) is 0 Å². The van der Waals surface area contributed by atoms with E-state index < -0.39 is 11.9 Å². The summed E-state index contributed by atoms with van der Waals surface area (Å²) in [5.74, 6) is -1.60. The van der Waals surface area contributed by atoms with Crippen molar-refractivity contribution in [2.45, 2.75) is 12.8 Å². The van der Waals surface area contributed by atoms with E-state index in [1.165, 1.54) is 36.6 Å². The number of ketones is 1. The highest BCUT2D eigenvalue weighted by atomic mass is 32.1. The molecule has 2 N–H and O–H groups in total. The van der Waals surface area contributed by atoms with Crippen molar-refractivity contribution >= 4 is 34.7 Å². The van der Waals surface area contributed by atoms with E-state index in [4.69, 9.17) is 0 Å². The molecule has 7 heteroatoms. The second-order valence-electron chi connectivity index (χ2n) is 4.64. The Kier molecular flexibility index (Phi) is 5.48. The van der Waals surface area contributed by atoms with Crippen molar-refractivity contribution in [2.24, 2.45) is 0 Å². The van der Waals surface area contributed by atoms with Gasteiger partial charge < -0.3 is 15.2 Å². The van der Waals surface area contributed by atoms with Gasteiger partial charge in [0.1, 0.15) is 5.56 Å². The molecular weight excluding hydrogens is 318 g/mol. The largest absolute Gasteiger partial charge is 0.505 e. The quantitative estimate of drug-likeness (QED) is 0.482. The molecule has 120 valence electrons. The Bertz CT molecular complexity index is 724. The third kappa shape index (κ3) is 4.17. The number of carbonyl (C=O) groups is 3. The van der Waals surface area contributed by atoms with Crippen LogP contribution in [-0.2, 0) is 9.53 Å². The topological polar surface area (TPSA) is 92.7 Å². The maximum atomic E-state index is 11.9. The van der Waals surface area contributed by atoms with Gasteiger partial charge in [0.15, 0.2) is 11.5 Å². The summed E-state index contributed by atoms with van der Waals surface area (Å²) in [6, 6.07) is 7.83. The highest BCUT2D eigenvalue weighted by Crippen LogP contribution is 2.28. The van der Waals surface area contributed by atoms with Gasteiger partial charge in [0, 0.05) is 12.8 Å². The monoisotopic (exact) mass is 333 g/mol. The van der Waals surface area contributed by atoms with Crippen molar-refractivity contribution < 1.29 is 24.2 Å². The van der Waals surface area contributed by atoms with Gasteiger partial charge in [-0.25, -0.2) is 4.79 Å². The van der Waals surface area contributed by atoms with Crippen molar-refractivity contribution in [3.8, 4) is 5.75 Å². The Balaban J connectivity index is 1.98. The lowest BCUT2D eigenvalue weighted by molar-refractivity contribution is -0.116. The Morgan fingerprint density at radius 3 is 2.61 bits per heavy atom. The molecule has 2 rings (SSSR count). The van der Waals surface area contributed by atoms with Gasteiger partial charge in [0.25, 0.3) is 0 Å². The number of carbonyl (C=O) groups excluding carboxylic acids is 3. The molecular formula is C16H15NO5S. The fraction of sp³-hybridized carbons (Fsp3) is 0.188. The summed E-state index contributed by atoms with van der Waals surface area (Å²) in [5, 5.41) is 14.3. The first-order valence-corrected chi connectivity index (χ1v) is 7.67. The lowest BCUT2D eigenvalue weighted by Crippen LogP contribution is -2.14. The van der Waals surface area contributed by atoms with E-state index in [9.17, 15) is 19.5 Å². The molecule has 0 fully saturated rings. The summed E-state index contributed by atoms with van der Waals surface area (Å²) in [6.45, 7) is 0. The molecule has 1 amide bonds. The number of aromatic hydroxyl groups is 1. The molecule has 1 aromatic heterocycles. The van der Waals surface area contributed by atoms with Crippen LogP contribution in [0.3, 0.4) is 0 Å². The minimum absolute atomic E-state index is 0.0153. The smallest absolute Gasteiger partial charge is 0.341 e. The van der Waals surface area contributed by atoms with Gasteiger partial charge in [-0.3, -0.25) is 9.59 Å². The third-order valence-corrected chi connectivity index (χ3v) is 4.00. The van der Waals surface area contributed by atoms with Crippen molar-refractivity contribution in [1.29, 1.82) is 0 Å². The standard InChI is InChI=1S/C16H15NO5S/c1-22-16(21)10-4-2-5-11(15(10)20)17-14(19)8-7-12(18)13-6-3-9-23-13/h2-6,9,20H,7-8H2,1H3,(H,17,19). The molecule has 2 aromatic rings. The Morgan fingerprint density at radius 2 is 1.96 bits per heavy atom. The minimum atomic E-state index is -0.702. The van der Waals surface area contributed by atoms with Crippen LogP contribution in [0.1, 0.15) is 32.9 Å². The summed E-state index contributed by atoms with van der Waals surface area (Å²) in [7, 11) is 1.20. The summed E-state index contributed by atoms with van der Waals surface area (Å²) in [4.78, 5) is 35.8. The zero-order valence-corrected chi connectivity index (χ0v) is 13.2. The van der Waals surface area contributed by atoms with Crippen LogP contribution in [0, 0.1) is 0 Å². The molecule has 0 saturated carbocycles. The van der Waals surface area contributed by atoms with Crippen molar-refractivity contribution in [1.82, 2.24) is 0 Å². The predicted octanol–water partition coefficient (Wildman–Crippen LogP) is 2.84. The summed E-state index contributed by atoms with van der Waals surface area (Å²) in [5.41, 5.74) is 0.0569. The molecule has 0 atom stereocenters. The van der Waals surface area contributed by atoms with Crippen LogP contribution in [0.15, 0.2) is 35.7 Å². The van der Waals surface area contributed by atoms with E-state index in [1.54, 1.807) is 17.5 Å². The number of nitrogens with one attached hydrogen (secondary N) is 1. The first kappa shape index (κ1) is 16.7. The maximum absolute atomic E-state index is 11.9. The number of amides is 1. The molecule has 0 spiro atoms. The van der Waals surface area contributed by atoms with Crippen LogP contribution in [0.2, 0.25) is 0 Å². The van der Waals surface area contributed by atoms with Crippen LogP contribution in [0.4, 0.5) is 5.69 Å². The average Bonchev–Trinajstić information content (AvgIpc) is 3.08. The molecule has 0 aliphatic heterocycles. The number of hydrogen-bond donors (Lipinski definition) is 2. The van der Waals surface area contributed by atoms with Crippen LogP contribution in [-0.4, -0.2) is 29.9 Å². The van der Waals surface area contributed by atoms with Crippen LogP contribution in [0.5, 0.6) is 5.75 Å². The zero-order chi connectivity index (χ0) is 16.8. The second kappa shape index (κ2) is 7.55. The van der Waals surface area contributed by atoms with Crippen molar-refractivity contribution in [2.75, 3.05) is 12.4 Å². The van der Waals surface area contributed by atoms with E-state index in [0.29, 0.717) is 4.88 Å². The van der Waals surface area contributed by atoms with Gasteiger partial charge in [0.2, 0.25) is 5.91 Å². The minimum Gasteiger partial charge on any atom is -0.505 e. The number of Topliss-reactive ketones (excluding diaryl/α,β-unsaturated/α-hetero) is 1. The average molecular weight is 333 g/mol. The molecule has 0 aliphatic rings. The highest BCUT2D eigenvalue weighted by molar-refractivity contribution is 7.12. The number of phenolic OH excluding ortho intramolecular Hbond substituents is 1. The van der Waals surface area contributed by atoms with E-state index in [2.05, 4.69) is 10.1 Å². The van der Waals surface area contributed by atoms with E-state index in [-0.39, 0.29) is 35.6 Å². The van der Waals surface area contributed by atoms with Gasteiger partial charge in [-0.15, -0.1) is 11.3 Å². The first-order chi connectivity index (χ1) is 11.0. The fourth-order valence-electron chi connectivity index (χ4n) is 1.92. The van der Waals surface area contributed by atoms with Crippen LogP contribution >= 0.6 is 11.3 Å². The Hall–Kier alpha value is -2.67. The van der Waals surface area contributed by atoms with Gasteiger partial charge >= 0.3 is 5.97 Å². The number of methoxy groups -OCH3 is 1. The van der Waals surface area contributed by atoms with Crippen LogP contribution in [0.25, 0.3) is 0 Å². The molecule has 23 heavy (non-hydrogen) atoms. The SMILES string of the molecule is COC(=O)c1cccc(NC(=O)CCC(=O)c2cccs2)c1O. The van der Waals surface area contributed by atoms with Gasteiger partial charge in [-0.1, -0.05) is 12.1 Å². The molecule has 0 unspecified atom stereocenters. The Morgan fingerprint density at radius 1 is 1.17 bits per heavy atom. The van der Waals surface area contributed by atoms with Crippen molar-refractivity contribution in [3.63, 3.8) is 0 Å². The summed E-state index contributed by atoms with van der Waals surface area (Å²) in [6.07, 6.45) is 0.0580. The molecule has 1 heterocycles. The number of phenols is 1. The molecule has 0 radical (unpaired) electrons. The van der Waals surface area contributed by atoms with Crippen molar-refractivity contribution in [3.05, 3.63) is 46.2 Å². The molecule has 6 nitrogen and oxygen atoms in total. The third-order valence-electron chi connectivity index (χ3n) is 3.09. The number of anilines is 1. The highest BCUT2D eigenvalue weighted by Gasteiger charge is 2.16. The van der Waals surface area contributed by atoms with Gasteiger partial charge in [-0.2, -0.15) is 0 Å². The van der Waals surface area contributed by atoms with E-state index >= 15 is 0 Å². The molecule has 1 aromatic carbocycles. The second-order valence-corrected chi connectivity index (χ2v) is 5.59. The lowest BCUT2D eigenvalue weighted by Gasteiger charge is -2.09. The first-order valence-electron chi connectivity index (χ1n) is 6.79. The fourth-order valence-corrected chi connectivity index (χ4v) is 2.61. The number of rotatable bonds is 6. The van der Waals surface area contributed by atoms with Gasteiger partial charge in [0.05, 0.1) is 17.7 Å². The molecule has 0 aliphatic carbocycles. The number of para-hydroxylation sites is 1. The normalized spacial score (nSPS) is 10.1. The van der Waals surface area contributed by atoms with Gasteiger partial charge in [-0.05, 0) is 23.6 Å². The summed E-state index contributed by atoms with van der Waals surface area (Å²) >= 11 is 1.32. The number of benzene rings is 1. The summed E-state index contributed by atoms with van der Waals surface area (Å²) < 4.78 is 4.54. The van der Waals surface area contributed by atoms with Crippen LogP contribution < -0.4 is 5.32 Å². The predicted molar refractivity (Wildman–Crippen MR) is 86.0 cm³/mol. The lowest BCUT2D eigenvalue weighted by atomic mass is 10.1. The zero-order valence-electron chi connectivity index (χ0n) is 12.4. The molecule has 0 saturated heterocycles. The number of thiophene rings is 1. The maximum Gasteiger partial charge on any atom is 0.341 e. The number of hydrogen-bond acceptors (Lipinski definition) is 6. The number of esters is 1. The molecule has 0 bridgehead atoms. The number of ether oxygens (including phenoxy) is 1.